The first-order valence-corrected chi connectivity index (χ1v) is 5.95. The number of carbonyl (C=O) groups excluding carboxylic acids is 1. The molecule has 1 saturated heterocycles. The highest BCUT2D eigenvalue weighted by Gasteiger charge is 2.36. The number of amides is 1. The Hall–Kier alpha value is -2.25. The van der Waals surface area contributed by atoms with Crippen LogP contribution in [0, 0.1) is 6.92 Å². The fourth-order valence-electron chi connectivity index (χ4n) is 2.34. The number of hydrogen-bond acceptors (Lipinski definition) is 5. The Morgan fingerprint density at radius 2 is 2.26 bits per heavy atom. The predicted octanol–water partition coefficient (Wildman–Crippen LogP) is -0.165. The Labute approximate surface area is 108 Å². The second kappa shape index (κ2) is 4.15. The van der Waals surface area contributed by atoms with E-state index in [-0.39, 0.29) is 13.0 Å². The van der Waals surface area contributed by atoms with Crippen molar-refractivity contribution in [3.05, 3.63) is 18.0 Å². The van der Waals surface area contributed by atoms with Crippen molar-refractivity contribution in [2.45, 2.75) is 25.6 Å². The van der Waals surface area contributed by atoms with Gasteiger partial charge in [0.1, 0.15) is 18.0 Å². The largest absolute Gasteiger partial charge is 0.368 e. The normalized spacial score (nSPS) is 23.2. The molecular weight excluding hydrogens is 251 g/mol. The molecular formula is C11H13FN6O. The standard InChI is InChI=1S/C11H13FN6O/c1-6-14-9-2-3-10(16-18(9)15-6)17-5-7(12)4-8(17)11(13)19/h2-3,7-8H,4-5H2,1H3,(H2,13,19)/t7-,8+/m1/s1. The molecule has 2 aromatic heterocycles. The predicted molar refractivity (Wildman–Crippen MR) is 65.4 cm³/mol. The third-order valence-electron chi connectivity index (χ3n) is 3.17. The number of fused-ring (bicyclic) bond motifs is 1. The maximum Gasteiger partial charge on any atom is 0.240 e. The summed E-state index contributed by atoms with van der Waals surface area (Å²) in [6, 6.07) is 2.76. The minimum Gasteiger partial charge on any atom is -0.368 e. The van der Waals surface area contributed by atoms with Crippen LogP contribution in [0.5, 0.6) is 0 Å². The molecule has 1 fully saturated rings. The lowest BCUT2D eigenvalue weighted by atomic mass is 10.2. The molecule has 8 heteroatoms. The number of nitrogens with zero attached hydrogens (tertiary/aromatic N) is 5. The topological polar surface area (TPSA) is 89.4 Å². The van der Waals surface area contributed by atoms with Crippen LogP contribution >= 0.6 is 0 Å². The van der Waals surface area contributed by atoms with Gasteiger partial charge in [0.2, 0.25) is 5.91 Å². The number of carbonyl (C=O) groups is 1. The number of aryl methyl sites for hydroxylation is 1. The van der Waals surface area contributed by atoms with E-state index >= 15 is 0 Å². The lowest BCUT2D eigenvalue weighted by Crippen LogP contribution is -2.40. The van der Waals surface area contributed by atoms with Crippen molar-refractivity contribution < 1.29 is 9.18 Å². The van der Waals surface area contributed by atoms with E-state index in [0.29, 0.717) is 17.3 Å². The average Bonchev–Trinajstić information content (AvgIpc) is 2.89. The summed E-state index contributed by atoms with van der Waals surface area (Å²) in [4.78, 5) is 17.1. The van der Waals surface area contributed by atoms with Crippen molar-refractivity contribution in [2.24, 2.45) is 5.73 Å². The second-order valence-electron chi connectivity index (χ2n) is 4.60. The van der Waals surface area contributed by atoms with Gasteiger partial charge in [0.05, 0.1) is 6.54 Å². The van der Waals surface area contributed by atoms with Gasteiger partial charge in [0.25, 0.3) is 0 Å². The summed E-state index contributed by atoms with van der Waals surface area (Å²) in [7, 11) is 0. The van der Waals surface area contributed by atoms with Crippen molar-refractivity contribution in [1.82, 2.24) is 19.8 Å². The molecule has 0 aromatic carbocycles. The summed E-state index contributed by atoms with van der Waals surface area (Å²) in [5.41, 5.74) is 5.90. The molecule has 0 bridgehead atoms. The van der Waals surface area contributed by atoms with Crippen LogP contribution in [0.2, 0.25) is 0 Å². The van der Waals surface area contributed by atoms with Crippen LogP contribution < -0.4 is 10.6 Å². The monoisotopic (exact) mass is 264 g/mol. The molecule has 1 amide bonds. The third-order valence-corrected chi connectivity index (χ3v) is 3.17. The zero-order chi connectivity index (χ0) is 13.6. The van der Waals surface area contributed by atoms with Crippen LogP contribution in [0.15, 0.2) is 12.1 Å². The fourth-order valence-corrected chi connectivity index (χ4v) is 2.34. The summed E-state index contributed by atoms with van der Waals surface area (Å²) in [6.07, 6.45) is -0.974. The molecule has 0 aliphatic carbocycles. The fraction of sp³-hybridized carbons (Fsp3) is 0.455. The van der Waals surface area contributed by atoms with Gasteiger partial charge >= 0.3 is 0 Å². The molecule has 3 heterocycles. The van der Waals surface area contributed by atoms with Gasteiger partial charge in [-0.15, -0.1) is 14.8 Å². The second-order valence-corrected chi connectivity index (χ2v) is 4.60. The van der Waals surface area contributed by atoms with Crippen LogP contribution in [0.4, 0.5) is 10.2 Å². The summed E-state index contributed by atoms with van der Waals surface area (Å²) in [5.74, 6) is 0.527. The Morgan fingerprint density at radius 1 is 1.47 bits per heavy atom. The van der Waals surface area contributed by atoms with Gasteiger partial charge < -0.3 is 10.6 Å². The molecule has 3 rings (SSSR count). The third kappa shape index (κ3) is 1.98. The number of hydrogen-bond donors (Lipinski definition) is 1. The smallest absolute Gasteiger partial charge is 0.240 e. The van der Waals surface area contributed by atoms with Gasteiger partial charge in [-0.05, 0) is 19.1 Å². The molecule has 2 atom stereocenters. The van der Waals surface area contributed by atoms with E-state index in [1.165, 1.54) is 4.63 Å². The Balaban J connectivity index is 2.00. The molecule has 2 aromatic rings. The van der Waals surface area contributed by atoms with E-state index in [9.17, 15) is 9.18 Å². The van der Waals surface area contributed by atoms with E-state index in [4.69, 9.17) is 5.73 Å². The van der Waals surface area contributed by atoms with Gasteiger partial charge in [-0.2, -0.15) is 0 Å². The molecule has 1 aliphatic rings. The van der Waals surface area contributed by atoms with Gasteiger partial charge in [0, 0.05) is 6.42 Å². The van der Waals surface area contributed by atoms with E-state index in [2.05, 4.69) is 15.2 Å². The van der Waals surface area contributed by atoms with Crippen molar-refractivity contribution in [3.63, 3.8) is 0 Å². The first-order valence-electron chi connectivity index (χ1n) is 5.95. The first kappa shape index (κ1) is 11.8. The maximum absolute atomic E-state index is 13.5. The van der Waals surface area contributed by atoms with E-state index in [0.717, 1.165) is 0 Å². The van der Waals surface area contributed by atoms with Crippen molar-refractivity contribution >= 4 is 17.4 Å². The van der Waals surface area contributed by atoms with Crippen LogP contribution in [-0.2, 0) is 4.79 Å². The number of alkyl halides is 1. The molecule has 7 nitrogen and oxygen atoms in total. The maximum atomic E-state index is 13.5. The highest BCUT2D eigenvalue weighted by atomic mass is 19.1. The Morgan fingerprint density at radius 3 is 3.00 bits per heavy atom. The minimum atomic E-state index is -1.08. The zero-order valence-corrected chi connectivity index (χ0v) is 10.3. The first-order chi connectivity index (χ1) is 9.04. The van der Waals surface area contributed by atoms with E-state index in [1.807, 2.05) is 0 Å². The highest BCUT2D eigenvalue weighted by molar-refractivity contribution is 5.84. The van der Waals surface area contributed by atoms with Gasteiger partial charge in [-0.25, -0.2) is 9.37 Å². The minimum absolute atomic E-state index is 0.103. The summed E-state index contributed by atoms with van der Waals surface area (Å²) >= 11 is 0. The molecule has 2 N–H and O–H groups in total. The highest BCUT2D eigenvalue weighted by Crippen LogP contribution is 2.25. The molecule has 0 radical (unpaired) electrons. The van der Waals surface area contributed by atoms with Gasteiger partial charge in [0.15, 0.2) is 11.5 Å². The molecule has 100 valence electrons. The average molecular weight is 264 g/mol. The lowest BCUT2D eigenvalue weighted by Gasteiger charge is -2.22. The molecule has 0 saturated carbocycles. The van der Waals surface area contributed by atoms with Crippen LogP contribution in [-0.4, -0.2) is 44.5 Å². The van der Waals surface area contributed by atoms with Crippen molar-refractivity contribution in [1.29, 1.82) is 0 Å². The number of rotatable bonds is 2. The van der Waals surface area contributed by atoms with E-state index in [1.54, 1.807) is 24.0 Å². The Bertz CT molecular complexity index is 641. The SMILES string of the molecule is Cc1nc2ccc(N3C[C@H](F)C[C@H]3C(N)=O)nn2n1. The molecule has 0 spiro atoms. The lowest BCUT2D eigenvalue weighted by molar-refractivity contribution is -0.119. The molecule has 1 aliphatic heterocycles. The zero-order valence-electron chi connectivity index (χ0n) is 10.3. The number of anilines is 1. The van der Waals surface area contributed by atoms with Crippen molar-refractivity contribution in [2.75, 3.05) is 11.4 Å². The molecule has 0 unspecified atom stereocenters. The number of nitrogens with two attached hydrogens (primary N) is 1. The summed E-state index contributed by atoms with van der Waals surface area (Å²) < 4.78 is 14.8. The quantitative estimate of drug-likeness (QED) is 0.813. The van der Waals surface area contributed by atoms with Gasteiger partial charge in [-0.1, -0.05) is 0 Å². The van der Waals surface area contributed by atoms with Crippen LogP contribution in [0.1, 0.15) is 12.2 Å². The number of aromatic nitrogens is 4. The summed E-state index contributed by atoms with van der Waals surface area (Å²) in [6.45, 7) is 1.87. The number of halogens is 1. The summed E-state index contributed by atoms with van der Waals surface area (Å²) in [5, 5.41) is 8.33. The van der Waals surface area contributed by atoms with E-state index < -0.39 is 18.1 Å². The number of primary amides is 1. The van der Waals surface area contributed by atoms with Gasteiger partial charge in [-0.3, -0.25) is 4.79 Å². The van der Waals surface area contributed by atoms with Crippen molar-refractivity contribution in [3.8, 4) is 0 Å². The van der Waals surface area contributed by atoms with Crippen LogP contribution in [0.3, 0.4) is 0 Å². The van der Waals surface area contributed by atoms with Crippen LogP contribution in [0.25, 0.3) is 5.65 Å². The molecule has 19 heavy (non-hydrogen) atoms. The Kier molecular flexibility index (Phi) is 2.58.